The number of aromatic nitrogens is 2. The molecule has 2 aromatic carbocycles. The van der Waals surface area contributed by atoms with Crippen molar-refractivity contribution in [1.82, 2.24) is 9.97 Å². The van der Waals surface area contributed by atoms with Crippen molar-refractivity contribution in [2.75, 3.05) is 0 Å². The number of fused-ring (bicyclic) bond motifs is 3. The van der Waals surface area contributed by atoms with E-state index in [-0.39, 0.29) is 0 Å². The van der Waals surface area contributed by atoms with E-state index >= 15 is 0 Å². The molecule has 0 atom stereocenters. The minimum atomic E-state index is 0.509. The predicted octanol–water partition coefficient (Wildman–Crippen LogP) is 4.63. The van der Waals surface area contributed by atoms with Gasteiger partial charge in [0.05, 0.1) is 11.4 Å². The minimum Gasteiger partial charge on any atom is -0.488 e. The first-order valence-corrected chi connectivity index (χ1v) is 7.81. The van der Waals surface area contributed by atoms with Crippen molar-refractivity contribution in [2.24, 2.45) is 0 Å². The molecule has 0 spiro atoms. The van der Waals surface area contributed by atoms with Gasteiger partial charge < -0.3 is 4.74 Å². The first kappa shape index (κ1) is 13.9. The molecule has 0 N–H and O–H groups in total. The largest absolute Gasteiger partial charge is 0.488 e. The number of benzene rings is 2. The van der Waals surface area contributed by atoms with Crippen molar-refractivity contribution < 1.29 is 4.74 Å². The monoisotopic (exact) mass is 302 g/mol. The molecular weight excluding hydrogens is 284 g/mol. The van der Waals surface area contributed by atoms with Crippen LogP contribution < -0.4 is 4.74 Å². The predicted molar refractivity (Wildman–Crippen MR) is 91.4 cm³/mol. The molecule has 23 heavy (non-hydrogen) atoms. The van der Waals surface area contributed by atoms with Gasteiger partial charge in [-0.1, -0.05) is 24.3 Å². The Hall–Kier alpha value is -2.68. The second-order valence-electron chi connectivity index (χ2n) is 6.03. The van der Waals surface area contributed by atoms with Gasteiger partial charge in [-0.15, -0.1) is 0 Å². The highest BCUT2D eigenvalue weighted by Crippen LogP contribution is 2.39. The maximum Gasteiger partial charge on any atom is 0.129 e. The molecule has 1 aliphatic heterocycles. The van der Waals surface area contributed by atoms with Gasteiger partial charge in [-0.05, 0) is 50.1 Å². The Labute approximate surface area is 136 Å². The Bertz CT molecular complexity index is 916. The van der Waals surface area contributed by atoms with Gasteiger partial charge in [0, 0.05) is 16.7 Å². The van der Waals surface area contributed by atoms with Crippen molar-refractivity contribution in [1.29, 1.82) is 0 Å². The smallest absolute Gasteiger partial charge is 0.129 e. The zero-order valence-corrected chi connectivity index (χ0v) is 13.6. The Morgan fingerprint density at radius 2 is 1.65 bits per heavy atom. The first-order chi connectivity index (χ1) is 11.1. The molecule has 4 rings (SSSR count). The number of aryl methyl sites for hydroxylation is 3. The topological polar surface area (TPSA) is 35.0 Å². The van der Waals surface area contributed by atoms with E-state index in [9.17, 15) is 0 Å². The van der Waals surface area contributed by atoms with Crippen LogP contribution in [0.1, 0.15) is 22.5 Å². The van der Waals surface area contributed by atoms with Gasteiger partial charge in [0.1, 0.15) is 18.2 Å². The SMILES string of the molecule is Cc1nc(-c2ccc(C)c(C)c2)c2c(n1)-c1ccccc1OC2. The summed E-state index contributed by atoms with van der Waals surface area (Å²) >= 11 is 0. The van der Waals surface area contributed by atoms with E-state index < -0.39 is 0 Å². The van der Waals surface area contributed by atoms with Crippen molar-refractivity contribution >= 4 is 0 Å². The zero-order chi connectivity index (χ0) is 16.0. The second kappa shape index (κ2) is 5.20. The fourth-order valence-electron chi connectivity index (χ4n) is 3.02. The Morgan fingerprint density at radius 3 is 2.48 bits per heavy atom. The van der Waals surface area contributed by atoms with Gasteiger partial charge >= 0.3 is 0 Å². The normalized spacial score (nSPS) is 12.3. The lowest BCUT2D eigenvalue weighted by molar-refractivity contribution is 0.301. The van der Waals surface area contributed by atoms with E-state index in [1.54, 1.807) is 0 Å². The van der Waals surface area contributed by atoms with Crippen LogP contribution in [-0.4, -0.2) is 9.97 Å². The lowest BCUT2D eigenvalue weighted by atomic mass is 9.96. The van der Waals surface area contributed by atoms with Crippen LogP contribution in [0.15, 0.2) is 42.5 Å². The van der Waals surface area contributed by atoms with Crippen LogP contribution in [0.5, 0.6) is 5.75 Å². The standard InChI is InChI=1S/C20H18N2O/c1-12-8-9-15(10-13(12)2)19-17-11-23-18-7-5-4-6-16(18)20(17)22-14(3)21-19/h4-10H,11H2,1-3H3. The molecule has 0 saturated heterocycles. The lowest BCUT2D eigenvalue weighted by Crippen LogP contribution is -2.11. The van der Waals surface area contributed by atoms with Gasteiger partial charge in [-0.3, -0.25) is 0 Å². The summed E-state index contributed by atoms with van der Waals surface area (Å²) in [6, 6.07) is 14.5. The van der Waals surface area contributed by atoms with Gasteiger partial charge in [-0.25, -0.2) is 9.97 Å². The first-order valence-electron chi connectivity index (χ1n) is 7.81. The van der Waals surface area contributed by atoms with E-state index in [4.69, 9.17) is 14.7 Å². The van der Waals surface area contributed by atoms with Crippen LogP contribution in [0.25, 0.3) is 22.5 Å². The summed E-state index contributed by atoms with van der Waals surface area (Å²) in [6.45, 7) is 6.71. The highest BCUT2D eigenvalue weighted by atomic mass is 16.5. The molecule has 0 saturated carbocycles. The highest BCUT2D eigenvalue weighted by molar-refractivity contribution is 5.78. The fourth-order valence-corrected chi connectivity index (χ4v) is 3.02. The summed E-state index contributed by atoms with van der Waals surface area (Å²) in [5.41, 5.74) is 7.76. The van der Waals surface area contributed by atoms with E-state index in [2.05, 4.69) is 38.1 Å². The summed E-state index contributed by atoms with van der Waals surface area (Å²) in [6.07, 6.45) is 0. The summed E-state index contributed by atoms with van der Waals surface area (Å²) < 4.78 is 5.93. The molecule has 1 aliphatic rings. The molecule has 3 heteroatoms. The number of ether oxygens (including phenoxy) is 1. The van der Waals surface area contributed by atoms with Crippen LogP contribution in [0.3, 0.4) is 0 Å². The molecule has 0 unspecified atom stereocenters. The number of hydrogen-bond acceptors (Lipinski definition) is 3. The number of nitrogens with zero attached hydrogens (tertiary/aromatic N) is 2. The molecule has 3 nitrogen and oxygen atoms in total. The average molecular weight is 302 g/mol. The molecule has 0 bridgehead atoms. The van der Waals surface area contributed by atoms with Crippen LogP contribution in [0.2, 0.25) is 0 Å². The molecule has 0 amide bonds. The third kappa shape index (κ3) is 2.29. The number of para-hydroxylation sites is 1. The average Bonchev–Trinajstić information content (AvgIpc) is 2.56. The molecular formula is C20H18N2O. The van der Waals surface area contributed by atoms with Gasteiger partial charge in [0.15, 0.2) is 0 Å². The molecule has 2 heterocycles. The summed E-state index contributed by atoms with van der Waals surface area (Å²) in [5, 5.41) is 0. The zero-order valence-electron chi connectivity index (χ0n) is 13.6. The Balaban J connectivity index is 1.97. The van der Waals surface area contributed by atoms with E-state index in [1.807, 2.05) is 25.1 Å². The quantitative estimate of drug-likeness (QED) is 0.657. The van der Waals surface area contributed by atoms with E-state index in [0.717, 1.165) is 39.7 Å². The van der Waals surface area contributed by atoms with Crippen LogP contribution in [0, 0.1) is 20.8 Å². The maximum atomic E-state index is 5.93. The molecule has 1 aromatic heterocycles. The molecule has 114 valence electrons. The Morgan fingerprint density at radius 1 is 0.870 bits per heavy atom. The van der Waals surface area contributed by atoms with Gasteiger partial charge in [0.2, 0.25) is 0 Å². The lowest BCUT2D eigenvalue weighted by Gasteiger charge is -2.22. The summed E-state index contributed by atoms with van der Waals surface area (Å²) in [7, 11) is 0. The van der Waals surface area contributed by atoms with Crippen LogP contribution in [0.4, 0.5) is 0 Å². The third-order valence-corrected chi connectivity index (χ3v) is 4.41. The van der Waals surface area contributed by atoms with Gasteiger partial charge in [-0.2, -0.15) is 0 Å². The molecule has 3 aromatic rings. The number of rotatable bonds is 1. The molecule has 0 radical (unpaired) electrons. The van der Waals surface area contributed by atoms with Gasteiger partial charge in [0.25, 0.3) is 0 Å². The summed E-state index contributed by atoms with van der Waals surface area (Å²) in [4.78, 5) is 9.40. The Kier molecular flexibility index (Phi) is 3.15. The third-order valence-electron chi connectivity index (χ3n) is 4.41. The van der Waals surface area contributed by atoms with E-state index in [1.165, 1.54) is 11.1 Å². The maximum absolute atomic E-state index is 5.93. The minimum absolute atomic E-state index is 0.509. The van der Waals surface area contributed by atoms with Crippen LogP contribution >= 0.6 is 0 Å². The van der Waals surface area contributed by atoms with Crippen molar-refractivity contribution in [3.8, 4) is 28.3 Å². The summed E-state index contributed by atoms with van der Waals surface area (Å²) in [5.74, 6) is 1.68. The van der Waals surface area contributed by atoms with Crippen molar-refractivity contribution in [3.63, 3.8) is 0 Å². The molecule has 0 fully saturated rings. The second-order valence-corrected chi connectivity index (χ2v) is 6.03. The van der Waals surface area contributed by atoms with E-state index in [0.29, 0.717) is 6.61 Å². The highest BCUT2D eigenvalue weighted by Gasteiger charge is 2.23. The fraction of sp³-hybridized carbons (Fsp3) is 0.200. The van der Waals surface area contributed by atoms with Crippen molar-refractivity contribution in [2.45, 2.75) is 27.4 Å². The molecule has 0 aliphatic carbocycles. The number of hydrogen-bond donors (Lipinski definition) is 0. The van der Waals surface area contributed by atoms with Crippen LogP contribution in [-0.2, 0) is 6.61 Å². The van der Waals surface area contributed by atoms with Crippen molar-refractivity contribution in [3.05, 3.63) is 65.0 Å².